The van der Waals surface area contributed by atoms with E-state index >= 15 is 0 Å². The highest BCUT2D eigenvalue weighted by Crippen LogP contribution is 2.29. The molecule has 0 N–H and O–H groups in total. The molecule has 0 saturated heterocycles. The highest BCUT2D eigenvalue weighted by atomic mass is 35.5. The molecule has 1 rings (SSSR count). The van der Waals surface area contributed by atoms with Crippen LogP contribution in [0.3, 0.4) is 0 Å². The Balaban J connectivity index is 2.74. The van der Waals surface area contributed by atoms with E-state index in [9.17, 15) is 17.6 Å². The average Bonchev–Trinajstić information content (AvgIpc) is 2.27. The smallest absolute Gasteiger partial charge is 0.340 e. The van der Waals surface area contributed by atoms with Gasteiger partial charge in [-0.2, -0.15) is 14.0 Å². The summed E-state index contributed by atoms with van der Waals surface area (Å²) in [6, 6.07) is 5.42. The number of nitrogens with zero attached hydrogens (tertiary/aromatic N) is 1. The van der Waals surface area contributed by atoms with Crippen molar-refractivity contribution < 1.29 is 22.3 Å². The van der Waals surface area contributed by atoms with Gasteiger partial charge >= 0.3 is 12.3 Å². The summed E-state index contributed by atoms with van der Waals surface area (Å²) in [4.78, 5) is 0. The molecule has 0 spiro atoms. The summed E-state index contributed by atoms with van der Waals surface area (Å²) in [5, 5.41) is 8.43. The summed E-state index contributed by atoms with van der Waals surface area (Å²) in [6.45, 7) is -1.48. The highest BCUT2D eigenvalue weighted by molar-refractivity contribution is 6.32. The van der Waals surface area contributed by atoms with Gasteiger partial charge in [-0.25, -0.2) is 8.78 Å². The molecule has 0 unspecified atom stereocenters. The Morgan fingerprint density at radius 1 is 1.41 bits per heavy atom. The molecule has 0 bridgehead atoms. The Labute approximate surface area is 99.4 Å². The van der Waals surface area contributed by atoms with Gasteiger partial charge in [-0.05, 0) is 18.2 Å². The van der Waals surface area contributed by atoms with E-state index in [1.807, 2.05) is 0 Å². The lowest BCUT2D eigenvalue weighted by Crippen LogP contribution is -2.33. The molecule has 17 heavy (non-hydrogen) atoms. The van der Waals surface area contributed by atoms with Gasteiger partial charge in [0.15, 0.2) is 6.61 Å². The van der Waals surface area contributed by atoms with Gasteiger partial charge in [0.2, 0.25) is 0 Å². The average molecular weight is 268 g/mol. The third kappa shape index (κ3) is 3.49. The molecule has 1 aromatic carbocycles. The summed E-state index contributed by atoms with van der Waals surface area (Å²) in [5.74, 6) is -4.41. The maximum absolute atomic E-state index is 12.5. The fourth-order valence-electron chi connectivity index (χ4n) is 0.924. The lowest BCUT2D eigenvalue weighted by molar-refractivity contribution is -0.148. The Hall–Kier alpha value is -1.48. The molecular weight excluding hydrogens is 262 g/mol. The SMILES string of the molecule is N#Cc1ccc(OCC(F)(F)C(F)F)c(Cl)c1. The molecule has 0 aliphatic carbocycles. The number of hydrogen-bond acceptors (Lipinski definition) is 2. The van der Waals surface area contributed by atoms with E-state index in [1.54, 1.807) is 6.07 Å². The van der Waals surface area contributed by atoms with Gasteiger partial charge < -0.3 is 4.74 Å². The molecule has 0 amide bonds. The Kier molecular flexibility index (Phi) is 4.18. The molecular formula is C10H6ClF4NO. The monoisotopic (exact) mass is 267 g/mol. The van der Waals surface area contributed by atoms with Crippen LogP contribution in [0.2, 0.25) is 5.02 Å². The molecule has 0 fully saturated rings. The van der Waals surface area contributed by atoms with Crippen molar-refractivity contribution in [2.45, 2.75) is 12.3 Å². The summed E-state index contributed by atoms with van der Waals surface area (Å²) < 4.78 is 53.2. The second-order valence-corrected chi connectivity index (χ2v) is 3.51. The van der Waals surface area contributed by atoms with Crippen molar-refractivity contribution in [3.8, 4) is 11.8 Å². The Bertz CT molecular complexity index is 444. The van der Waals surface area contributed by atoms with Gasteiger partial charge in [-0.15, -0.1) is 0 Å². The molecule has 0 aromatic heterocycles. The van der Waals surface area contributed by atoms with E-state index in [4.69, 9.17) is 16.9 Å². The van der Waals surface area contributed by atoms with Gasteiger partial charge in [-0.3, -0.25) is 0 Å². The van der Waals surface area contributed by atoms with Crippen molar-refractivity contribution in [3.63, 3.8) is 0 Å². The maximum Gasteiger partial charge on any atom is 0.340 e. The third-order valence-corrected chi connectivity index (χ3v) is 2.10. The standard InChI is InChI=1S/C10H6ClF4NO/c11-7-3-6(4-16)1-2-8(7)17-5-10(14,15)9(12)13/h1-3,9H,5H2. The Morgan fingerprint density at radius 3 is 2.53 bits per heavy atom. The van der Waals surface area contributed by atoms with Gasteiger partial charge in [0.25, 0.3) is 0 Å². The summed E-state index contributed by atoms with van der Waals surface area (Å²) in [6.07, 6.45) is -3.81. The second kappa shape index (κ2) is 5.23. The van der Waals surface area contributed by atoms with Crippen molar-refractivity contribution in [1.82, 2.24) is 0 Å². The normalized spacial score (nSPS) is 11.4. The van der Waals surface area contributed by atoms with Crippen LogP contribution in [-0.2, 0) is 0 Å². The first kappa shape index (κ1) is 13.6. The van der Waals surface area contributed by atoms with Gasteiger partial charge in [-0.1, -0.05) is 11.6 Å². The third-order valence-electron chi connectivity index (χ3n) is 1.80. The van der Waals surface area contributed by atoms with Crippen LogP contribution < -0.4 is 4.74 Å². The first-order chi connectivity index (χ1) is 7.86. The van der Waals surface area contributed by atoms with Crippen LogP contribution in [0.15, 0.2) is 18.2 Å². The van der Waals surface area contributed by atoms with Crippen molar-refractivity contribution in [2.75, 3.05) is 6.61 Å². The van der Waals surface area contributed by atoms with Crippen molar-refractivity contribution in [3.05, 3.63) is 28.8 Å². The number of hydrogen-bond donors (Lipinski definition) is 0. The molecule has 1 aromatic rings. The minimum atomic E-state index is -4.24. The first-order valence-corrected chi connectivity index (χ1v) is 4.73. The molecule has 0 aliphatic rings. The first-order valence-electron chi connectivity index (χ1n) is 4.35. The number of halogens is 5. The number of alkyl halides is 4. The second-order valence-electron chi connectivity index (χ2n) is 3.11. The molecule has 2 nitrogen and oxygen atoms in total. The zero-order chi connectivity index (χ0) is 13.1. The lowest BCUT2D eigenvalue weighted by atomic mass is 10.2. The minimum Gasteiger partial charge on any atom is -0.486 e. The molecule has 7 heteroatoms. The van der Waals surface area contributed by atoms with Gasteiger partial charge in [0.1, 0.15) is 5.75 Å². The zero-order valence-electron chi connectivity index (χ0n) is 8.26. The van der Waals surface area contributed by atoms with E-state index in [0.29, 0.717) is 0 Å². The van der Waals surface area contributed by atoms with E-state index < -0.39 is 19.0 Å². The number of ether oxygens (including phenoxy) is 1. The maximum atomic E-state index is 12.5. The molecule has 0 heterocycles. The van der Waals surface area contributed by atoms with Crippen LogP contribution in [0, 0.1) is 11.3 Å². The van der Waals surface area contributed by atoms with Crippen LogP contribution >= 0.6 is 11.6 Å². The van der Waals surface area contributed by atoms with Crippen LogP contribution in [-0.4, -0.2) is 19.0 Å². The molecule has 92 valence electrons. The van der Waals surface area contributed by atoms with E-state index in [2.05, 4.69) is 4.74 Å². The number of rotatable bonds is 4. The summed E-state index contributed by atoms with van der Waals surface area (Å²) in [7, 11) is 0. The van der Waals surface area contributed by atoms with Crippen LogP contribution in [0.5, 0.6) is 5.75 Å². The van der Waals surface area contributed by atoms with Crippen LogP contribution in [0.1, 0.15) is 5.56 Å². The predicted molar refractivity (Wildman–Crippen MR) is 52.6 cm³/mol. The lowest BCUT2D eigenvalue weighted by Gasteiger charge is -2.16. The highest BCUT2D eigenvalue weighted by Gasteiger charge is 2.41. The van der Waals surface area contributed by atoms with Crippen molar-refractivity contribution in [2.24, 2.45) is 0 Å². The molecule has 0 saturated carbocycles. The summed E-state index contributed by atoms with van der Waals surface area (Å²) >= 11 is 5.61. The molecule has 0 radical (unpaired) electrons. The largest absolute Gasteiger partial charge is 0.486 e. The number of benzene rings is 1. The van der Waals surface area contributed by atoms with Crippen LogP contribution in [0.25, 0.3) is 0 Å². The van der Waals surface area contributed by atoms with Gasteiger partial charge in [0.05, 0.1) is 16.7 Å². The Morgan fingerprint density at radius 2 is 2.06 bits per heavy atom. The molecule has 0 aliphatic heterocycles. The quantitative estimate of drug-likeness (QED) is 0.782. The van der Waals surface area contributed by atoms with Gasteiger partial charge in [0, 0.05) is 0 Å². The van der Waals surface area contributed by atoms with E-state index in [0.717, 1.165) is 0 Å². The zero-order valence-corrected chi connectivity index (χ0v) is 9.02. The minimum absolute atomic E-state index is 0.0888. The van der Waals surface area contributed by atoms with Crippen LogP contribution in [0.4, 0.5) is 17.6 Å². The van der Waals surface area contributed by atoms with E-state index in [1.165, 1.54) is 18.2 Å². The number of nitriles is 1. The van der Waals surface area contributed by atoms with E-state index in [-0.39, 0.29) is 16.3 Å². The molecule has 0 atom stereocenters. The summed E-state index contributed by atoms with van der Waals surface area (Å²) in [5.41, 5.74) is 0.211. The fraction of sp³-hybridized carbons (Fsp3) is 0.300. The fourth-order valence-corrected chi connectivity index (χ4v) is 1.16. The predicted octanol–water partition coefficient (Wildman–Crippen LogP) is 3.49. The topological polar surface area (TPSA) is 33.0 Å². The van der Waals surface area contributed by atoms with Crippen molar-refractivity contribution in [1.29, 1.82) is 5.26 Å². The van der Waals surface area contributed by atoms with Crippen molar-refractivity contribution >= 4 is 11.6 Å².